The molecule has 1 atom stereocenters. The predicted octanol–water partition coefficient (Wildman–Crippen LogP) is 3.16. The van der Waals surface area contributed by atoms with Gasteiger partial charge in [-0.3, -0.25) is 9.10 Å². The first-order valence-electron chi connectivity index (χ1n) is 7.25. The number of benzene rings is 2. The van der Waals surface area contributed by atoms with Crippen LogP contribution in [0, 0.1) is 0 Å². The van der Waals surface area contributed by atoms with Gasteiger partial charge in [0.2, 0.25) is 10.0 Å². The molecule has 0 saturated carbocycles. The van der Waals surface area contributed by atoms with E-state index in [1.807, 2.05) is 0 Å². The van der Waals surface area contributed by atoms with E-state index in [0.29, 0.717) is 27.2 Å². The highest BCUT2D eigenvalue weighted by atomic mass is 35.5. The molecular weight excluding hydrogens is 387 g/mol. The summed E-state index contributed by atoms with van der Waals surface area (Å²) < 4.78 is 31.0. The van der Waals surface area contributed by atoms with Gasteiger partial charge in [-0.15, -0.1) is 0 Å². The molecule has 0 fully saturated rings. The van der Waals surface area contributed by atoms with Crippen molar-refractivity contribution in [2.75, 3.05) is 22.4 Å². The summed E-state index contributed by atoms with van der Waals surface area (Å²) in [5.74, 6) is -0.205. The number of nitrogens with zero attached hydrogens (tertiary/aromatic N) is 1. The van der Waals surface area contributed by atoms with Crippen molar-refractivity contribution in [3.05, 3.63) is 52.5 Å². The maximum Gasteiger partial charge on any atom is 0.267 e. The van der Waals surface area contributed by atoms with Gasteiger partial charge in [0.15, 0.2) is 6.10 Å². The van der Waals surface area contributed by atoms with Gasteiger partial charge in [-0.2, -0.15) is 0 Å². The van der Waals surface area contributed by atoms with Crippen molar-refractivity contribution >= 4 is 50.5 Å². The molecular formula is C16H14Cl2N2O4S. The van der Waals surface area contributed by atoms with Gasteiger partial charge in [0.05, 0.1) is 29.2 Å². The Hall–Kier alpha value is -1.96. The van der Waals surface area contributed by atoms with E-state index >= 15 is 0 Å². The number of rotatable bonds is 3. The van der Waals surface area contributed by atoms with E-state index in [1.165, 1.54) is 6.07 Å². The van der Waals surface area contributed by atoms with Crippen LogP contribution in [0.15, 0.2) is 42.5 Å². The van der Waals surface area contributed by atoms with Crippen LogP contribution < -0.4 is 14.4 Å². The van der Waals surface area contributed by atoms with Crippen molar-refractivity contribution < 1.29 is 17.9 Å². The number of carbonyl (C=O) groups is 1. The van der Waals surface area contributed by atoms with Crippen LogP contribution in [0.4, 0.5) is 11.4 Å². The maximum absolute atomic E-state index is 12.6. The zero-order valence-corrected chi connectivity index (χ0v) is 15.4. The smallest absolute Gasteiger partial charge is 0.267 e. The first-order valence-corrected chi connectivity index (χ1v) is 9.85. The molecule has 132 valence electrons. The minimum atomic E-state index is -3.57. The Morgan fingerprint density at radius 1 is 1.24 bits per heavy atom. The van der Waals surface area contributed by atoms with Crippen LogP contribution in [0.25, 0.3) is 0 Å². The lowest BCUT2D eigenvalue weighted by Crippen LogP contribution is -2.48. The van der Waals surface area contributed by atoms with E-state index < -0.39 is 22.0 Å². The minimum Gasteiger partial charge on any atom is -0.476 e. The Labute approximate surface area is 155 Å². The van der Waals surface area contributed by atoms with Crippen molar-refractivity contribution in [2.24, 2.45) is 0 Å². The highest BCUT2D eigenvalue weighted by Crippen LogP contribution is 2.35. The summed E-state index contributed by atoms with van der Waals surface area (Å²) >= 11 is 11.9. The molecule has 0 spiro atoms. The number of sulfonamides is 1. The van der Waals surface area contributed by atoms with Crippen LogP contribution in [0.5, 0.6) is 5.75 Å². The van der Waals surface area contributed by atoms with Gasteiger partial charge in [-0.25, -0.2) is 8.42 Å². The Balaban J connectivity index is 1.88. The Kier molecular flexibility index (Phi) is 4.81. The lowest BCUT2D eigenvalue weighted by Gasteiger charge is -2.33. The maximum atomic E-state index is 12.6. The fraction of sp³-hybridized carbons (Fsp3) is 0.188. The Morgan fingerprint density at radius 2 is 1.96 bits per heavy atom. The van der Waals surface area contributed by atoms with E-state index in [-0.39, 0.29) is 6.54 Å². The van der Waals surface area contributed by atoms with Crippen LogP contribution in [-0.4, -0.2) is 33.2 Å². The topological polar surface area (TPSA) is 75.7 Å². The lowest BCUT2D eigenvalue weighted by molar-refractivity contribution is -0.122. The summed E-state index contributed by atoms with van der Waals surface area (Å²) in [6.07, 6.45) is 0.0532. The van der Waals surface area contributed by atoms with Crippen LogP contribution in [0.2, 0.25) is 10.0 Å². The molecule has 0 bridgehead atoms. The van der Waals surface area contributed by atoms with E-state index in [4.69, 9.17) is 27.9 Å². The summed E-state index contributed by atoms with van der Waals surface area (Å²) in [6.45, 7) is -0.139. The van der Waals surface area contributed by atoms with Crippen LogP contribution in [-0.2, 0) is 14.8 Å². The summed E-state index contributed by atoms with van der Waals surface area (Å²) in [6, 6.07) is 11.3. The molecule has 0 unspecified atom stereocenters. The van der Waals surface area contributed by atoms with Crippen molar-refractivity contribution in [1.29, 1.82) is 0 Å². The van der Waals surface area contributed by atoms with Gasteiger partial charge in [0.1, 0.15) is 5.75 Å². The molecule has 1 heterocycles. The second-order valence-electron chi connectivity index (χ2n) is 5.48. The Bertz CT molecular complexity index is 933. The molecule has 0 aromatic heterocycles. The third-order valence-electron chi connectivity index (χ3n) is 3.61. The molecule has 9 heteroatoms. The van der Waals surface area contributed by atoms with Crippen LogP contribution >= 0.6 is 23.2 Å². The fourth-order valence-corrected chi connectivity index (χ4v) is 3.71. The zero-order valence-electron chi connectivity index (χ0n) is 13.1. The molecule has 0 aliphatic carbocycles. The number of hydrogen-bond acceptors (Lipinski definition) is 4. The van der Waals surface area contributed by atoms with Crippen molar-refractivity contribution in [1.82, 2.24) is 0 Å². The number of amides is 1. The molecule has 2 aromatic rings. The third kappa shape index (κ3) is 3.84. The summed E-state index contributed by atoms with van der Waals surface area (Å²) in [5, 5.41) is 3.35. The number of fused-ring (bicyclic) bond motifs is 1. The van der Waals surface area contributed by atoms with Gasteiger partial charge in [0.25, 0.3) is 5.91 Å². The average molecular weight is 401 g/mol. The van der Waals surface area contributed by atoms with Gasteiger partial charge in [-0.1, -0.05) is 35.3 Å². The van der Waals surface area contributed by atoms with Crippen LogP contribution in [0.3, 0.4) is 0 Å². The molecule has 0 radical (unpaired) electrons. The van der Waals surface area contributed by atoms with Crippen molar-refractivity contribution in [2.45, 2.75) is 6.10 Å². The number of para-hydroxylation sites is 2. The number of hydrogen-bond donors (Lipinski definition) is 1. The SMILES string of the molecule is CS(=O)(=O)N1C[C@@H](C(=O)Nc2cc(Cl)ccc2Cl)Oc2ccccc21. The first kappa shape index (κ1) is 17.8. The second kappa shape index (κ2) is 6.74. The quantitative estimate of drug-likeness (QED) is 0.858. The molecule has 1 amide bonds. The Morgan fingerprint density at radius 3 is 2.68 bits per heavy atom. The average Bonchev–Trinajstić information content (AvgIpc) is 2.56. The molecule has 0 saturated heterocycles. The lowest BCUT2D eigenvalue weighted by atomic mass is 10.2. The minimum absolute atomic E-state index is 0.139. The molecule has 1 aliphatic heterocycles. The monoisotopic (exact) mass is 400 g/mol. The fourth-order valence-electron chi connectivity index (χ4n) is 2.46. The highest BCUT2D eigenvalue weighted by molar-refractivity contribution is 7.92. The van der Waals surface area contributed by atoms with Crippen molar-refractivity contribution in [3.63, 3.8) is 0 Å². The normalized spacial score (nSPS) is 16.8. The van der Waals surface area contributed by atoms with Gasteiger partial charge in [0, 0.05) is 5.02 Å². The number of halogens is 2. The molecule has 1 aliphatic rings. The summed E-state index contributed by atoms with van der Waals surface area (Å²) in [4.78, 5) is 12.6. The number of carbonyl (C=O) groups excluding carboxylic acids is 1. The van der Waals surface area contributed by atoms with Gasteiger partial charge >= 0.3 is 0 Å². The molecule has 6 nitrogen and oxygen atoms in total. The predicted molar refractivity (Wildman–Crippen MR) is 98.1 cm³/mol. The number of nitrogens with one attached hydrogen (secondary N) is 1. The largest absolute Gasteiger partial charge is 0.476 e. The van der Waals surface area contributed by atoms with E-state index in [2.05, 4.69) is 5.32 Å². The zero-order chi connectivity index (χ0) is 18.2. The molecule has 1 N–H and O–H groups in total. The standard InChI is InChI=1S/C16H14Cl2N2O4S/c1-25(22,23)20-9-15(24-14-5-3-2-4-13(14)20)16(21)19-12-8-10(17)6-7-11(12)18/h2-8,15H,9H2,1H3,(H,19,21)/t15-/m0/s1. The third-order valence-corrected chi connectivity index (χ3v) is 5.32. The molecule has 3 rings (SSSR count). The van der Waals surface area contributed by atoms with Gasteiger partial charge in [-0.05, 0) is 30.3 Å². The first-order chi connectivity index (χ1) is 11.8. The van der Waals surface area contributed by atoms with E-state index in [1.54, 1.807) is 36.4 Å². The van der Waals surface area contributed by atoms with Crippen LogP contribution in [0.1, 0.15) is 0 Å². The summed E-state index contributed by atoms with van der Waals surface area (Å²) in [5.41, 5.74) is 0.724. The molecule has 25 heavy (non-hydrogen) atoms. The van der Waals surface area contributed by atoms with Gasteiger partial charge < -0.3 is 10.1 Å². The number of ether oxygens (including phenoxy) is 1. The molecule has 2 aromatic carbocycles. The van der Waals surface area contributed by atoms with E-state index in [9.17, 15) is 13.2 Å². The highest BCUT2D eigenvalue weighted by Gasteiger charge is 2.35. The second-order valence-corrected chi connectivity index (χ2v) is 8.23. The van der Waals surface area contributed by atoms with E-state index in [0.717, 1.165) is 10.6 Å². The number of anilines is 2. The van der Waals surface area contributed by atoms with Crippen molar-refractivity contribution in [3.8, 4) is 5.75 Å². The summed E-state index contributed by atoms with van der Waals surface area (Å²) in [7, 11) is -3.57.